The summed E-state index contributed by atoms with van der Waals surface area (Å²) in [4.78, 5) is 11.2. The van der Waals surface area contributed by atoms with E-state index in [9.17, 15) is 4.79 Å². The Hall–Kier alpha value is -1.42. The first kappa shape index (κ1) is 12.0. The van der Waals surface area contributed by atoms with Crippen LogP contribution in [-0.4, -0.2) is 16.9 Å². The summed E-state index contributed by atoms with van der Waals surface area (Å²) in [5, 5.41) is 9.67. The Bertz CT molecular complexity index is 460. The number of rotatable bonds is 3. The van der Waals surface area contributed by atoms with Gasteiger partial charge in [0, 0.05) is 18.0 Å². The Kier molecular flexibility index (Phi) is 2.91. The smallest absolute Gasteiger partial charge is 0.314 e. The van der Waals surface area contributed by atoms with E-state index in [4.69, 9.17) is 26.2 Å². The number of carboxylic acid groups (broad SMARTS) is 1. The molecule has 0 saturated carbocycles. The van der Waals surface area contributed by atoms with Crippen molar-refractivity contribution in [2.75, 3.05) is 0 Å². The molecule has 0 spiro atoms. The van der Waals surface area contributed by atoms with Gasteiger partial charge in [0.15, 0.2) is 11.5 Å². The van der Waals surface area contributed by atoms with E-state index in [1.807, 2.05) is 0 Å². The fourth-order valence-corrected chi connectivity index (χ4v) is 2.18. The number of carboxylic acids is 1. The van der Waals surface area contributed by atoms with Gasteiger partial charge >= 0.3 is 5.97 Å². The monoisotopic (exact) mass is 256 g/mol. The maximum absolute atomic E-state index is 11.2. The predicted octanol–water partition coefficient (Wildman–Crippen LogP) is 2.94. The molecule has 0 radical (unpaired) electrons. The number of carbonyl (C=O) groups is 1. The van der Waals surface area contributed by atoms with Crippen molar-refractivity contribution < 1.29 is 19.4 Å². The molecule has 0 saturated heterocycles. The Labute approximate surface area is 104 Å². The molecule has 4 nitrogen and oxygen atoms in total. The second kappa shape index (κ2) is 4.11. The van der Waals surface area contributed by atoms with Crippen LogP contribution in [0.3, 0.4) is 0 Å². The zero-order chi connectivity index (χ0) is 12.6. The van der Waals surface area contributed by atoms with E-state index < -0.39 is 17.7 Å². The molecular weight excluding hydrogens is 244 g/mol. The van der Waals surface area contributed by atoms with Gasteiger partial charge in [-0.1, -0.05) is 18.5 Å². The summed E-state index contributed by atoms with van der Waals surface area (Å²) in [6.07, 6.45) is 0.424. The van der Waals surface area contributed by atoms with Gasteiger partial charge in [-0.2, -0.15) is 0 Å². The second-order valence-electron chi connectivity index (χ2n) is 4.11. The normalized spacial score (nSPS) is 23.5. The zero-order valence-corrected chi connectivity index (χ0v) is 10.3. The van der Waals surface area contributed by atoms with Crippen LogP contribution in [-0.2, 0) is 4.79 Å². The predicted molar refractivity (Wildman–Crippen MR) is 62.5 cm³/mol. The van der Waals surface area contributed by atoms with E-state index in [1.54, 1.807) is 32.0 Å². The molecule has 0 amide bonds. The Balaban J connectivity index is 2.31. The van der Waals surface area contributed by atoms with Crippen LogP contribution in [0.2, 0.25) is 5.02 Å². The third kappa shape index (κ3) is 2.05. The lowest BCUT2D eigenvalue weighted by Crippen LogP contribution is -2.46. The van der Waals surface area contributed by atoms with Crippen molar-refractivity contribution >= 4 is 17.6 Å². The zero-order valence-electron chi connectivity index (χ0n) is 9.57. The minimum absolute atomic E-state index is 0.424. The topological polar surface area (TPSA) is 55.8 Å². The molecule has 1 N–H and O–H groups in total. The van der Waals surface area contributed by atoms with Crippen LogP contribution in [0.15, 0.2) is 18.2 Å². The summed E-state index contributed by atoms with van der Waals surface area (Å²) in [5.74, 6) is -1.83. The van der Waals surface area contributed by atoms with Crippen molar-refractivity contribution in [3.63, 3.8) is 0 Å². The quantitative estimate of drug-likeness (QED) is 0.903. The number of aliphatic carboxylic acids is 1. The van der Waals surface area contributed by atoms with E-state index >= 15 is 0 Å². The average molecular weight is 257 g/mol. The fourth-order valence-electron chi connectivity index (χ4n) is 2.02. The largest absolute Gasteiger partial charge is 0.481 e. The molecule has 1 aliphatic heterocycles. The first-order valence-electron chi connectivity index (χ1n) is 5.36. The van der Waals surface area contributed by atoms with Crippen molar-refractivity contribution in [3.05, 3.63) is 23.2 Å². The molecule has 1 heterocycles. The summed E-state index contributed by atoms with van der Waals surface area (Å²) < 4.78 is 11.2. The Morgan fingerprint density at radius 1 is 1.47 bits per heavy atom. The van der Waals surface area contributed by atoms with Gasteiger partial charge in [0.1, 0.15) is 5.92 Å². The Morgan fingerprint density at radius 2 is 2.12 bits per heavy atom. The molecule has 1 aliphatic rings. The van der Waals surface area contributed by atoms with Crippen molar-refractivity contribution in [1.29, 1.82) is 0 Å². The first-order valence-corrected chi connectivity index (χ1v) is 5.74. The van der Waals surface area contributed by atoms with Gasteiger partial charge in [0.05, 0.1) is 0 Å². The maximum Gasteiger partial charge on any atom is 0.314 e. The minimum Gasteiger partial charge on any atom is -0.481 e. The van der Waals surface area contributed by atoms with E-state index in [0.717, 1.165) is 0 Å². The van der Waals surface area contributed by atoms with Crippen LogP contribution in [0.5, 0.6) is 11.5 Å². The molecule has 92 valence electrons. The highest BCUT2D eigenvalue weighted by Gasteiger charge is 2.47. The summed E-state index contributed by atoms with van der Waals surface area (Å²) in [7, 11) is 0. The summed E-state index contributed by atoms with van der Waals surface area (Å²) in [5.41, 5.74) is 0. The first-order chi connectivity index (χ1) is 7.96. The summed E-state index contributed by atoms with van der Waals surface area (Å²) >= 11 is 5.84. The molecular formula is C12H13ClO4. The van der Waals surface area contributed by atoms with Crippen molar-refractivity contribution in [2.45, 2.75) is 26.1 Å². The molecule has 0 aliphatic carbocycles. The SMILES string of the molecule is CCC(C(=O)O)C1(C)Oc2ccc(Cl)cc2O1. The van der Waals surface area contributed by atoms with Crippen molar-refractivity contribution in [3.8, 4) is 11.5 Å². The molecule has 2 unspecified atom stereocenters. The van der Waals surface area contributed by atoms with Crippen LogP contribution in [0, 0.1) is 5.92 Å². The van der Waals surface area contributed by atoms with Gasteiger partial charge in [-0.15, -0.1) is 0 Å². The molecule has 17 heavy (non-hydrogen) atoms. The summed E-state index contributed by atoms with van der Waals surface area (Å²) in [6.45, 7) is 3.41. The number of fused-ring (bicyclic) bond motifs is 1. The number of hydrogen-bond acceptors (Lipinski definition) is 3. The highest BCUT2D eigenvalue weighted by atomic mass is 35.5. The minimum atomic E-state index is -1.17. The number of hydrogen-bond donors (Lipinski definition) is 1. The molecule has 0 aromatic heterocycles. The van der Waals surface area contributed by atoms with Crippen molar-refractivity contribution in [1.82, 2.24) is 0 Å². The molecule has 2 atom stereocenters. The van der Waals surface area contributed by atoms with Gasteiger partial charge in [-0.25, -0.2) is 0 Å². The molecule has 5 heteroatoms. The number of benzene rings is 1. The van der Waals surface area contributed by atoms with Crippen LogP contribution >= 0.6 is 11.6 Å². The lowest BCUT2D eigenvalue weighted by molar-refractivity contribution is -0.166. The fraction of sp³-hybridized carbons (Fsp3) is 0.417. The van der Waals surface area contributed by atoms with Gasteiger partial charge in [0.25, 0.3) is 5.79 Å². The number of halogens is 1. The molecule has 0 fully saturated rings. The van der Waals surface area contributed by atoms with Crippen LogP contribution < -0.4 is 9.47 Å². The lowest BCUT2D eigenvalue weighted by atomic mass is 9.97. The highest BCUT2D eigenvalue weighted by Crippen LogP contribution is 2.44. The lowest BCUT2D eigenvalue weighted by Gasteiger charge is -2.28. The van der Waals surface area contributed by atoms with Gasteiger partial charge in [-0.05, 0) is 18.6 Å². The van der Waals surface area contributed by atoms with Gasteiger partial charge in [-0.3, -0.25) is 4.79 Å². The van der Waals surface area contributed by atoms with Crippen LogP contribution in [0.25, 0.3) is 0 Å². The molecule has 0 bridgehead atoms. The van der Waals surface area contributed by atoms with Crippen LogP contribution in [0.1, 0.15) is 20.3 Å². The Morgan fingerprint density at radius 3 is 2.71 bits per heavy atom. The summed E-state index contributed by atoms with van der Waals surface area (Å²) in [6, 6.07) is 4.98. The maximum atomic E-state index is 11.2. The van der Waals surface area contributed by atoms with E-state index in [0.29, 0.717) is 22.9 Å². The molecule has 1 aromatic carbocycles. The molecule has 1 aromatic rings. The van der Waals surface area contributed by atoms with E-state index in [-0.39, 0.29) is 0 Å². The van der Waals surface area contributed by atoms with E-state index in [1.165, 1.54) is 0 Å². The number of ether oxygens (including phenoxy) is 2. The second-order valence-corrected chi connectivity index (χ2v) is 4.55. The van der Waals surface area contributed by atoms with Crippen LogP contribution in [0.4, 0.5) is 0 Å². The van der Waals surface area contributed by atoms with Crippen molar-refractivity contribution in [2.24, 2.45) is 5.92 Å². The standard InChI is InChI=1S/C12H13ClO4/c1-3-8(11(14)15)12(2)16-9-5-4-7(13)6-10(9)17-12/h4-6,8H,3H2,1-2H3,(H,14,15). The third-order valence-electron chi connectivity index (χ3n) is 2.87. The van der Waals surface area contributed by atoms with Gasteiger partial charge in [0.2, 0.25) is 0 Å². The third-order valence-corrected chi connectivity index (χ3v) is 3.11. The van der Waals surface area contributed by atoms with E-state index in [2.05, 4.69) is 0 Å². The highest BCUT2D eigenvalue weighted by molar-refractivity contribution is 6.30. The van der Waals surface area contributed by atoms with Gasteiger partial charge < -0.3 is 14.6 Å². The average Bonchev–Trinajstić information content (AvgIpc) is 2.54. The molecule has 2 rings (SSSR count).